The normalized spacial score (nSPS) is 11.4. The molecule has 1 rings (SSSR count). The van der Waals surface area contributed by atoms with Gasteiger partial charge in [0.1, 0.15) is 0 Å². The van der Waals surface area contributed by atoms with Crippen molar-refractivity contribution in [2.45, 2.75) is 5.75 Å². The highest BCUT2D eigenvalue weighted by atomic mass is 32.2. The van der Waals surface area contributed by atoms with Gasteiger partial charge in [0.15, 0.2) is 9.84 Å². The maximum absolute atomic E-state index is 11.0. The summed E-state index contributed by atoms with van der Waals surface area (Å²) in [5, 5.41) is 17.9. The Morgan fingerprint density at radius 2 is 1.86 bits per heavy atom. The first-order valence-electron chi connectivity index (χ1n) is 4.02. The molecule has 0 spiro atoms. The summed E-state index contributed by atoms with van der Waals surface area (Å²) in [6.07, 6.45) is 1.10. The molecule has 1 aromatic rings. The molecule has 0 radical (unpaired) electrons. The molecule has 0 aliphatic rings. The van der Waals surface area contributed by atoms with Gasteiger partial charge in [-0.1, -0.05) is 24.3 Å². The maximum Gasteiger partial charge on any atom is 0.488 e. The molecule has 0 aliphatic heterocycles. The second-order valence-electron chi connectivity index (χ2n) is 3.14. The van der Waals surface area contributed by atoms with Gasteiger partial charge in [-0.3, -0.25) is 0 Å². The first-order valence-corrected chi connectivity index (χ1v) is 6.08. The molecule has 2 N–H and O–H groups in total. The number of hydrogen-bond acceptors (Lipinski definition) is 4. The van der Waals surface area contributed by atoms with Crippen molar-refractivity contribution in [2.24, 2.45) is 0 Å². The van der Waals surface area contributed by atoms with Crippen molar-refractivity contribution in [2.75, 3.05) is 6.26 Å². The summed E-state index contributed by atoms with van der Waals surface area (Å²) in [5.74, 6) is -0.180. The van der Waals surface area contributed by atoms with Gasteiger partial charge in [-0.2, -0.15) is 0 Å². The molecular formula is C8H11BO4S. The molecule has 0 aliphatic carbocycles. The van der Waals surface area contributed by atoms with Crippen LogP contribution in [0.1, 0.15) is 5.56 Å². The third-order valence-corrected chi connectivity index (χ3v) is 2.59. The van der Waals surface area contributed by atoms with E-state index in [4.69, 9.17) is 10.0 Å². The minimum absolute atomic E-state index is 0.180. The Morgan fingerprint density at radius 3 is 2.36 bits per heavy atom. The largest absolute Gasteiger partial charge is 0.488 e. The monoisotopic (exact) mass is 214 g/mol. The smallest absolute Gasteiger partial charge is 0.423 e. The van der Waals surface area contributed by atoms with Crippen LogP contribution in [0.3, 0.4) is 0 Å². The first kappa shape index (κ1) is 11.2. The van der Waals surface area contributed by atoms with Gasteiger partial charge in [0, 0.05) is 6.26 Å². The Hall–Kier alpha value is -0.845. The summed E-state index contributed by atoms with van der Waals surface area (Å²) in [6, 6.07) is 6.34. The fraction of sp³-hybridized carbons (Fsp3) is 0.250. The first-order chi connectivity index (χ1) is 6.40. The molecule has 0 amide bonds. The van der Waals surface area contributed by atoms with Crippen LogP contribution in [0.2, 0.25) is 0 Å². The summed E-state index contributed by atoms with van der Waals surface area (Å²) >= 11 is 0. The number of sulfone groups is 1. The van der Waals surface area contributed by atoms with Crippen molar-refractivity contribution in [3.63, 3.8) is 0 Å². The highest BCUT2D eigenvalue weighted by Gasteiger charge is 2.17. The Balaban J connectivity index is 3.08. The van der Waals surface area contributed by atoms with Crippen molar-refractivity contribution >= 4 is 22.4 Å². The molecule has 0 saturated carbocycles. The molecule has 0 heterocycles. The lowest BCUT2D eigenvalue weighted by molar-refractivity contribution is 0.425. The van der Waals surface area contributed by atoms with E-state index in [1.165, 1.54) is 6.07 Å². The van der Waals surface area contributed by atoms with Crippen molar-refractivity contribution < 1.29 is 18.5 Å². The topological polar surface area (TPSA) is 74.6 Å². The zero-order chi connectivity index (χ0) is 10.8. The van der Waals surface area contributed by atoms with Gasteiger partial charge < -0.3 is 10.0 Å². The summed E-state index contributed by atoms with van der Waals surface area (Å²) < 4.78 is 22.0. The third kappa shape index (κ3) is 3.14. The molecule has 0 fully saturated rings. The van der Waals surface area contributed by atoms with E-state index in [2.05, 4.69) is 0 Å². The quantitative estimate of drug-likeness (QED) is 0.627. The van der Waals surface area contributed by atoms with Crippen molar-refractivity contribution in [1.29, 1.82) is 0 Å². The number of rotatable bonds is 3. The summed E-state index contributed by atoms with van der Waals surface area (Å²) in [4.78, 5) is 0. The van der Waals surface area contributed by atoms with Crippen LogP contribution in [-0.4, -0.2) is 31.8 Å². The summed E-state index contributed by atoms with van der Waals surface area (Å²) in [7, 11) is -4.79. The molecule has 1 aromatic carbocycles. The Kier molecular flexibility index (Phi) is 3.31. The predicted molar refractivity (Wildman–Crippen MR) is 54.8 cm³/mol. The van der Waals surface area contributed by atoms with E-state index >= 15 is 0 Å². The van der Waals surface area contributed by atoms with Gasteiger partial charge in [0.05, 0.1) is 5.75 Å². The average molecular weight is 214 g/mol. The van der Waals surface area contributed by atoms with E-state index < -0.39 is 17.0 Å². The van der Waals surface area contributed by atoms with E-state index in [-0.39, 0.29) is 11.2 Å². The van der Waals surface area contributed by atoms with Crippen LogP contribution in [-0.2, 0) is 15.6 Å². The van der Waals surface area contributed by atoms with Gasteiger partial charge in [0.2, 0.25) is 0 Å². The zero-order valence-corrected chi connectivity index (χ0v) is 8.53. The highest BCUT2D eigenvalue weighted by Crippen LogP contribution is 2.02. The Morgan fingerprint density at radius 1 is 1.29 bits per heavy atom. The second kappa shape index (κ2) is 4.12. The molecule has 0 aromatic heterocycles. The standard InChI is InChI=1S/C8H11BO4S/c1-14(12,13)6-7-4-2-3-5-8(7)9(10)11/h2-5,10-11H,6H2,1H3. The van der Waals surface area contributed by atoms with Gasteiger partial charge >= 0.3 is 7.12 Å². The van der Waals surface area contributed by atoms with Crippen LogP contribution >= 0.6 is 0 Å². The lowest BCUT2D eigenvalue weighted by Gasteiger charge is -2.06. The summed E-state index contributed by atoms with van der Waals surface area (Å²) in [6.45, 7) is 0. The maximum atomic E-state index is 11.0. The molecule has 6 heteroatoms. The molecule has 4 nitrogen and oxygen atoms in total. The average Bonchev–Trinajstić information content (AvgIpc) is 2.01. The lowest BCUT2D eigenvalue weighted by atomic mass is 9.77. The lowest BCUT2D eigenvalue weighted by Crippen LogP contribution is -2.33. The van der Waals surface area contributed by atoms with Crippen molar-refractivity contribution in [1.82, 2.24) is 0 Å². The van der Waals surface area contributed by atoms with Crippen LogP contribution in [0.15, 0.2) is 24.3 Å². The Labute approximate surface area is 83.3 Å². The SMILES string of the molecule is CS(=O)(=O)Cc1ccccc1B(O)O. The van der Waals surface area contributed by atoms with Gasteiger partial charge in [-0.25, -0.2) is 8.42 Å². The van der Waals surface area contributed by atoms with Crippen LogP contribution in [0, 0.1) is 0 Å². The van der Waals surface area contributed by atoms with E-state index in [9.17, 15) is 8.42 Å². The van der Waals surface area contributed by atoms with E-state index in [1.54, 1.807) is 18.2 Å². The molecule has 0 bridgehead atoms. The molecule has 14 heavy (non-hydrogen) atoms. The van der Waals surface area contributed by atoms with Gasteiger partial charge in [0.25, 0.3) is 0 Å². The van der Waals surface area contributed by atoms with Crippen molar-refractivity contribution in [3.05, 3.63) is 29.8 Å². The molecule has 0 atom stereocenters. The van der Waals surface area contributed by atoms with E-state index in [0.717, 1.165) is 6.26 Å². The second-order valence-corrected chi connectivity index (χ2v) is 5.28. The van der Waals surface area contributed by atoms with E-state index in [1.807, 2.05) is 0 Å². The fourth-order valence-corrected chi connectivity index (χ4v) is 2.03. The number of hydrogen-bond donors (Lipinski definition) is 2. The molecular weight excluding hydrogens is 203 g/mol. The van der Waals surface area contributed by atoms with Gasteiger partial charge in [-0.15, -0.1) is 0 Å². The van der Waals surface area contributed by atoms with Gasteiger partial charge in [-0.05, 0) is 11.0 Å². The Bertz CT molecular complexity index is 413. The molecule has 0 saturated heterocycles. The minimum atomic E-state index is -3.16. The summed E-state index contributed by atoms with van der Waals surface area (Å²) in [5.41, 5.74) is 0.655. The van der Waals surface area contributed by atoms with Crippen LogP contribution < -0.4 is 5.46 Å². The predicted octanol–water partition coefficient (Wildman–Crippen LogP) is -1.09. The zero-order valence-electron chi connectivity index (χ0n) is 7.71. The fourth-order valence-electron chi connectivity index (χ4n) is 1.20. The van der Waals surface area contributed by atoms with E-state index in [0.29, 0.717) is 5.56 Å². The van der Waals surface area contributed by atoms with Crippen LogP contribution in [0.5, 0.6) is 0 Å². The van der Waals surface area contributed by atoms with Crippen LogP contribution in [0.4, 0.5) is 0 Å². The number of benzene rings is 1. The molecule has 0 unspecified atom stereocenters. The molecule has 76 valence electrons. The van der Waals surface area contributed by atoms with Crippen molar-refractivity contribution in [3.8, 4) is 0 Å². The highest BCUT2D eigenvalue weighted by molar-refractivity contribution is 7.89. The minimum Gasteiger partial charge on any atom is -0.423 e. The van der Waals surface area contributed by atoms with Crippen LogP contribution in [0.25, 0.3) is 0 Å². The third-order valence-electron chi connectivity index (χ3n) is 1.75.